The molecule has 1 heterocycles. The topological polar surface area (TPSA) is 48.2 Å². The van der Waals surface area contributed by atoms with Crippen LogP contribution in [0, 0.1) is 6.20 Å². The molecule has 0 fully saturated rings. The second-order valence-electron chi connectivity index (χ2n) is 3.41. The van der Waals surface area contributed by atoms with Gasteiger partial charge in [0.2, 0.25) is 5.76 Å². The van der Waals surface area contributed by atoms with Gasteiger partial charge in [0.1, 0.15) is 5.75 Å². The third-order valence-corrected chi connectivity index (χ3v) is 2.21. The second kappa shape index (κ2) is 5.30. The molecule has 1 aromatic carbocycles. The van der Waals surface area contributed by atoms with Crippen LogP contribution < -0.4 is 4.74 Å². The molecule has 2 rings (SSSR count). The van der Waals surface area contributed by atoms with Gasteiger partial charge in [0.25, 0.3) is 0 Å². The van der Waals surface area contributed by atoms with Crippen LogP contribution in [-0.4, -0.2) is 17.0 Å². The summed E-state index contributed by atoms with van der Waals surface area (Å²) in [4.78, 5) is 0. The highest BCUT2D eigenvalue weighted by Gasteiger charge is 2.09. The van der Waals surface area contributed by atoms with E-state index in [1.165, 1.54) is 0 Å². The number of hydrogen-bond donors (Lipinski definition) is 0. The van der Waals surface area contributed by atoms with Crippen molar-refractivity contribution in [2.45, 2.75) is 19.8 Å². The van der Waals surface area contributed by atoms with Crippen LogP contribution in [0.2, 0.25) is 0 Å². The number of hydrogen-bond acceptors (Lipinski definition) is 4. The molecule has 2 aromatic rings. The lowest BCUT2D eigenvalue weighted by Crippen LogP contribution is -1.97. The molecular formula is C12H13N2O2. The molecule has 0 bridgehead atoms. The third-order valence-electron chi connectivity index (χ3n) is 2.21. The minimum absolute atomic E-state index is 0.507. The highest BCUT2D eigenvalue weighted by Crippen LogP contribution is 2.28. The lowest BCUT2D eigenvalue weighted by atomic mass is 10.1. The van der Waals surface area contributed by atoms with Gasteiger partial charge in [-0.2, -0.15) is 0 Å². The van der Waals surface area contributed by atoms with E-state index in [-0.39, 0.29) is 0 Å². The van der Waals surface area contributed by atoms with Crippen molar-refractivity contribution in [2.24, 2.45) is 0 Å². The molecule has 1 aromatic heterocycles. The molecule has 0 N–H and O–H groups in total. The lowest BCUT2D eigenvalue weighted by molar-refractivity contribution is 0.309. The normalized spacial score (nSPS) is 10.3. The summed E-state index contributed by atoms with van der Waals surface area (Å²) in [5.41, 5.74) is 0.837. The SMILES string of the molecule is CCCCOc1ccccc1-c1[c]nno1. The van der Waals surface area contributed by atoms with Crippen LogP contribution in [-0.2, 0) is 0 Å². The number of unbranched alkanes of at least 4 members (excludes halogenated alkanes) is 1. The summed E-state index contributed by atoms with van der Waals surface area (Å²) in [6.07, 6.45) is 4.82. The van der Waals surface area contributed by atoms with Crippen LogP contribution >= 0.6 is 0 Å². The van der Waals surface area contributed by atoms with Gasteiger partial charge in [0.05, 0.1) is 12.2 Å². The van der Waals surface area contributed by atoms with Crippen molar-refractivity contribution in [3.05, 3.63) is 30.5 Å². The second-order valence-corrected chi connectivity index (χ2v) is 3.41. The molecule has 4 nitrogen and oxygen atoms in total. The molecule has 4 heteroatoms. The van der Waals surface area contributed by atoms with E-state index in [9.17, 15) is 0 Å². The molecule has 0 atom stereocenters. The Labute approximate surface area is 94.2 Å². The summed E-state index contributed by atoms with van der Waals surface area (Å²) in [6.45, 7) is 2.83. The van der Waals surface area contributed by atoms with Gasteiger partial charge in [-0.25, -0.2) is 0 Å². The molecule has 0 aliphatic heterocycles. The predicted molar refractivity (Wildman–Crippen MR) is 59.0 cm³/mol. The Kier molecular flexibility index (Phi) is 3.53. The molecule has 0 unspecified atom stereocenters. The van der Waals surface area contributed by atoms with Crippen LogP contribution in [0.4, 0.5) is 0 Å². The summed E-state index contributed by atoms with van der Waals surface area (Å²) in [6, 6.07) is 7.65. The van der Waals surface area contributed by atoms with Gasteiger partial charge in [-0.15, -0.1) is 5.10 Å². The van der Waals surface area contributed by atoms with Crippen molar-refractivity contribution in [3.8, 4) is 17.1 Å². The van der Waals surface area contributed by atoms with Crippen LogP contribution in [0.15, 0.2) is 28.8 Å². The van der Waals surface area contributed by atoms with E-state index in [2.05, 4.69) is 23.5 Å². The fourth-order valence-corrected chi connectivity index (χ4v) is 1.36. The first-order valence-electron chi connectivity index (χ1n) is 5.34. The quantitative estimate of drug-likeness (QED) is 0.722. The number of nitrogens with zero attached hydrogens (tertiary/aromatic N) is 2. The van der Waals surface area contributed by atoms with Gasteiger partial charge in [-0.05, 0) is 18.6 Å². The Bertz CT molecular complexity index is 426. The van der Waals surface area contributed by atoms with Crippen molar-refractivity contribution < 1.29 is 9.26 Å². The van der Waals surface area contributed by atoms with Crippen LogP contribution in [0.1, 0.15) is 19.8 Å². The molecule has 0 saturated heterocycles. The maximum atomic E-state index is 5.67. The largest absolute Gasteiger partial charge is 0.493 e. The molecule has 0 aliphatic rings. The summed E-state index contributed by atoms with van der Waals surface area (Å²) < 4.78 is 10.6. The fraction of sp³-hybridized carbons (Fsp3) is 0.333. The van der Waals surface area contributed by atoms with E-state index in [4.69, 9.17) is 9.26 Å². The van der Waals surface area contributed by atoms with E-state index in [0.717, 1.165) is 24.2 Å². The van der Waals surface area contributed by atoms with Crippen molar-refractivity contribution >= 4 is 0 Å². The highest BCUT2D eigenvalue weighted by atomic mass is 16.5. The molecular weight excluding hydrogens is 204 g/mol. The predicted octanol–water partition coefficient (Wildman–Crippen LogP) is 2.72. The molecule has 1 radical (unpaired) electrons. The first-order valence-corrected chi connectivity index (χ1v) is 5.34. The maximum absolute atomic E-state index is 5.67. The molecule has 0 spiro atoms. The van der Waals surface area contributed by atoms with Crippen molar-refractivity contribution in [1.29, 1.82) is 0 Å². The zero-order valence-corrected chi connectivity index (χ0v) is 9.14. The Balaban J connectivity index is 2.18. The Morgan fingerprint density at radius 3 is 3.00 bits per heavy atom. The highest BCUT2D eigenvalue weighted by molar-refractivity contribution is 5.64. The average Bonchev–Trinajstić information content (AvgIpc) is 2.83. The van der Waals surface area contributed by atoms with E-state index in [1.807, 2.05) is 24.3 Å². The number of aromatic nitrogens is 2. The molecule has 0 amide bonds. The zero-order valence-electron chi connectivity index (χ0n) is 9.14. The number of ether oxygens (including phenoxy) is 1. The fourth-order valence-electron chi connectivity index (χ4n) is 1.36. The number of rotatable bonds is 5. The third kappa shape index (κ3) is 2.39. The Hall–Kier alpha value is -1.84. The minimum Gasteiger partial charge on any atom is -0.493 e. The molecule has 0 saturated carbocycles. The molecule has 83 valence electrons. The van der Waals surface area contributed by atoms with E-state index in [0.29, 0.717) is 12.4 Å². The Morgan fingerprint density at radius 1 is 1.38 bits per heavy atom. The monoisotopic (exact) mass is 217 g/mol. The zero-order chi connectivity index (χ0) is 11.2. The molecule has 0 aliphatic carbocycles. The summed E-state index contributed by atoms with van der Waals surface area (Å²) in [7, 11) is 0. The lowest BCUT2D eigenvalue weighted by Gasteiger charge is -2.08. The van der Waals surface area contributed by atoms with E-state index in [1.54, 1.807) is 0 Å². The first kappa shape index (κ1) is 10.7. The van der Waals surface area contributed by atoms with Crippen LogP contribution in [0.5, 0.6) is 5.75 Å². The summed E-state index contributed by atoms with van der Waals surface area (Å²) in [5.74, 6) is 1.29. The number of para-hydroxylation sites is 1. The van der Waals surface area contributed by atoms with Gasteiger partial charge < -0.3 is 9.26 Å². The summed E-state index contributed by atoms with van der Waals surface area (Å²) in [5, 5.41) is 6.94. The smallest absolute Gasteiger partial charge is 0.200 e. The van der Waals surface area contributed by atoms with Gasteiger partial charge in [-0.3, -0.25) is 0 Å². The van der Waals surface area contributed by atoms with Crippen LogP contribution in [0.25, 0.3) is 11.3 Å². The Morgan fingerprint density at radius 2 is 2.25 bits per heavy atom. The van der Waals surface area contributed by atoms with E-state index < -0.39 is 0 Å². The standard InChI is InChI=1S/C12H13N2O2/c1-2-3-8-15-11-7-5-4-6-10(11)12-9-13-14-16-12/h4-7H,2-3,8H2,1H3. The van der Waals surface area contributed by atoms with Crippen molar-refractivity contribution in [1.82, 2.24) is 10.4 Å². The van der Waals surface area contributed by atoms with E-state index >= 15 is 0 Å². The first-order chi connectivity index (χ1) is 7.92. The van der Waals surface area contributed by atoms with Gasteiger partial charge >= 0.3 is 0 Å². The maximum Gasteiger partial charge on any atom is 0.200 e. The average molecular weight is 217 g/mol. The van der Waals surface area contributed by atoms with Gasteiger partial charge in [0.15, 0.2) is 6.20 Å². The molecule has 16 heavy (non-hydrogen) atoms. The summed E-state index contributed by atoms with van der Waals surface area (Å²) >= 11 is 0. The van der Waals surface area contributed by atoms with Crippen molar-refractivity contribution in [3.63, 3.8) is 0 Å². The number of benzene rings is 1. The van der Waals surface area contributed by atoms with Gasteiger partial charge in [-0.1, -0.05) is 25.5 Å². The minimum atomic E-state index is 0.507. The van der Waals surface area contributed by atoms with Crippen LogP contribution in [0.3, 0.4) is 0 Å². The van der Waals surface area contributed by atoms with Crippen molar-refractivity contribution in [2.75, 3.05) is 6.61 Å². The van der Waals surface area contributed by atoms with Gasteiger partial charge in [0, 0.05) is 5.27 Å².